The fourth-order valence-electron chi connectivity index (χ4n) is 2.77. The van der Waals surface area contributed by atoms with Crippen LogP contribution in [0.15, 0.2) is 57.3 Å². The van der Waals surface area contributed by atoms with Gasteiger partial charge in [0.2, 0.25) is 4.80 Å². The predicted octanol–water partition coefficient (Wildman–Crippen LogP) is 4.01. The number of aryl methyl sites for hydroxylation is 1. The molecule has 0 unspecified atom stereocenters. The zero-order valence-electron chi connectivity index (χ0n) is 12.2. The van der Waals surface area contributed by atoms with E-state index in [1.54, 1.807) is 22.7 Å². The first-order valence-corrected chi connectivity index (χ1v) is 8.96. The monoisotopic (exact) mass is 325 g/mol. The number of nitrogens with zero attached hydrogens (tertiary/aromatic N) is 3. The average molecular weight is 325 g/mol. The van der Waals surface area contributed by atoms with E-state index < -0.39 is 0 Å². The predicted molar refractivity (Wildman–Crippen MR) is 93.8 cm³/mol. The lowest BCUT2D eigenvalue weighted by Crippen LogP contribution is -2.13. The van der Waals surface area contributed by atoms with Crippen molar-refractivity contribution in [2.75, 3.05) is 7.05 Å². The van der Waals surface area contributed by atoms with Crippen LogP contribution in [0, 0.1) is 0 Å². The van der Waals surface area contributed by atoms with Gasteiger partial charge in [0.15, 0.2) is 0 Å². The van der Waals surface area contributed by atoms with Gasteiger partial charge in [-0.25, -0.2) is 4.68 Å². The Morgan fingerprint density at radius 1 is 1.05 bits per heavy atom. The number of thiazole rings is 1. The molecule has 0 aliphatic heterocycles. The van der Waals surface area contributed by atoms with Crippen LogP contribution in [-0.4, -0.2) is 17.4 Å². The van der Waals surface area contributed by atoms with Crippen molar-refractivity contribution >= 4 is 28.4 Å². The summed E-state index contributed by atoms with van der Waals surface area (Å²) in [7, 11) is 1.82. The second-order valence-electron chi connectivity index (χ2n) is 5.12. The molecule has 0 saturated carbocycles. The van der Waals surface area contributed by atoms with Gasteiger partial charge in [-0.05, 0) is 29.9 Å². The van der Waals surface area contributed by atoms with Gasteiger partial charge in [0.05, 0.1) is 16.3 Å². The molecule has 0 radical (unpaired) electrons. The molecule has 3 nitrogen and oxygen atoms in total. The van der Waals surface area contributed by atoms with Crippen LogP contribution in [0.1, 0.15) is 17.5 Å². The van der Waals surface area contributed by atoms with Crippen LogP contribution in [0.4, 0.5) is 0 Å². The minimum Gasteiger partial charge on any atom is -0.261 e. The maximum Gasteiger partial charge on any atom is 0.205 e. The number of thiophene rings is 1. The number of rotatable bonds is 2. The van der Waals surface area contributed by atoms with Crippen molar-refractivity contribution in [2.24, 2.45) is 10.1 Å². The van der Waals surface area contributed by atoms with Crippen molar-refractivity contribution in [3.8, 4) is 10.6 Å². The van der Waals surface area contributed by atoms with Gasteiger partial charge in [0, 0.05) is 18.0 Å². The van der Waals surface area contributed by atoms with Gasteiger partial charge in [0.25, 0.3) is 0 Å². The molecule has 0 spiro atoms. The third-order valence-corrected chi connectivity index (χ3v) is 5.63. The van der Waals surface area contributed by atoms with Crippen molar-refractivity contribution in [1.29, 1.82) is 0 Å². The lowest BCUT2D eigenvalue weighted by molar-refractivity contribution is 0.839. The number of hydrogen-bond donors (Lipinski definition) is 0. The molecule has 1 aromatic carbocycles. The second-order valence-corrected chi connectivity index (χ2v) is 6.90. The van der Waals surface area contributed by atoms with E-state index in [9.17, 15) is 0 Å². The molecule has 3 aromatic rings. The van der Waals surface area contributed by atoms with Gasteiger partial charge in [-0.3, -0.25) is 4.99 Å². The molecule has 22 heavy (non-hydrogen) atoms. The topological polar surface area (TPSA) is 29.6 Å². The molecule has 0 saturated heterocycles. The molecular formula is C17H15N3S2. The summed E-state index contributed by atoms with van der Waals surface area (Å²) in [6.45, 7) is 0. The fraction of sp³-hybridized carbons (Fsp3) is 0.176. The van der Waals surface area contributed by atoms with Crippen LogP contribution < -0.4 is 4.80 Å². The Balaban J connectivity index is 1.88. The van der Waals surface area contributed by atoms with Crippen LogP contribution in [0.25, 0.3) is 10.6 Å². The third kappa shape index (κ3) is 2.26. The molecule has 0 amide bonds. The molecule has 2 heterocycles. The standard InChI is InChI=1S/C17H15N3S2/c1-18-17-20(15(11-22-17)16-7-4-10-21-16)19-14-9-8-12-5-2-3-6-13(12)14/h2-7,10-11H,8-9H2,1H3. The zero-order valence-corrected chi connectivity index (χ0v) is 13.8. The molecule has 0 bridgehead atoms. The van der Waals surface area contributed by atoms with Gasteiger partial charge in [0.1, 0.15) is 0 Å². The van der Waals surface area contributed by atoms with E-state index in [4.69, 9.17) is 5.10 Å². The number of aromatic nitrogens is 1. The molecule has 2 aromatic heterocycles. The summed E-state index contributed by atoms with van der Waals surface area (Å²) in [6.07, 6.45) is 2.07. The number of fused-ring (bicyclic) bond motifs is 1. The summed E-state index contributed by atoms with van der Waals surface area (Å²) in [4.78, 5) is 6.53. The summed E-state index contributed by atoms with van der Waals surface area (Å²) >= 11 is 3.37. The summed E-state index contributed by atoms with van der Waals surface area (Å²) in [5, 5.41) is 9.18. The molecule has 110 valence electrons. The molecule has 5 heteroatoms. The van der Waals surface area contributed by atoms with E-state index in [-0.39, 0.29) is 0 Å². The Bertz CT molecular complexity index is 898. The largest absolute Gasteiger partial charge is 0.261 e. The zero-order chi connectivity index (χ0) is 14.9. The van der Waals surface area contributed by atoms with Crippen molar-refractivity contribution in [1.82, 2.24) is 4.68 Å². The van der Waals surface area contributed by atoms with E-state index in [1.807, 2.05) is 11.7 Å². The molecule has 4 rings (SSSR count). The van der Waals surface area contributed by atoms with E-state index >= 15 is 0 Å². The Labute approximate surface area is 136 Å². The Hall–Kier alpha value is -1.98. The number of hydrogen-bond acceptors (Lipinski definition) is 4. The van der Waals surface area contributed by atoms with Crippen LogP contribution in [0.3, 0.4) is 0 Å². The maximum absolute atomic E-state index is 4.94. The summed E-state index contributed by atoms with van der Waals surface area (Å²) in [5.74, 6) is 0. The van der Waals surface area contributed by atoms with Gasteiger partial charge in [-0.15, -0.1) is 22.7 Å². The first kappa shape index (κ1) is 13.7. The van der Waals surface area contributed by atoms with Gasteiger partial charge < -0.3 is 0 Å². The lowest BCUT2D eigenvalue weighted by atomic mass is 10.1. The highest BCUT2D eigenvalue weighted by atomic mass is 32.1. The molecule has 1 aliphatic rings. The first-order valence-electron chi connectivity index (χ1n) is 7.20. The summed E-state index contributed by atoms with van der Waals surface area (Å²) < 4.78 is 1.99. The Morgan fingerprint density at radius 3 is 2.77 bits per heavy atom. The highest BCUT2D eigenvalue weighted by molar-refractivity contribution is 7.14. The normalized spacial score (nSPS) is 16.4. The van der Waals surface area contributed by atoms with Crippen LogP contribution in [0.5, 0.6) is 0 Å². The Kier molecular flexibility index (Phi) is 3.52. The fourth-order valence-corrected chi connectivity index (χ4v) is 4.36. The lowest BCUT2D eigenvalue weighted by Gasteiger charge is -2.04. The quantitative estimate of drug-likeness (QED) is 0.681. The molecule has 1 aliphatic carbocycles. The summed E-state index contributed by atoms with van der Waals surface area (Å²) in [6, 6.07) is 12.8. The van der Waals surface area contributed by atoms with E-state index in [0.29, 0.717) is 0 Å². The van der Waals surface area contributed by atoms with Gasteiger partial charge in [-0.1, -0.05) is 30.3 Å². The minimum absolute atomic E-state index is 0.931. The van der Waals surface area contributed by atoms with Gasteiger partial charge in [-0.2, -0.15) is 5.10 Å². The molecular weight excluding hydrogens is 310 g/mol. The van der Waals surface area contributed by atoms with E-state index in [2.05, 4.69) is 52.2 Å². The smallest absolute Gasteiger partial charge is 0.205 e. The second kappa shape index (κ2) is 5.66. The average Bonchev–Trinajstić information content (AvgIpc) is 3.27. The third-order valence-electron chi connectivity index (χ3n) is 3.83. The Morgan fingerprint density at radius 2 is 1.95 bits per heavy atom. The van der Waals surface area contributed by atoms with Crippen LogP contribution >= 0.6 is 22.7 Å². The highest BCUT2D eigenvalue weighted by Gasteiger charge is 2.18. The van der Waals surface area contributed by atoms with Crippen molar-refractivity contribution in [2.45, 2.75) is 12.8 Å². The molecule has 0 N–H and O–H groups in total. The van der Waals surface area contributed by atoms with Crippen molar-refractivity contribution < 1.29 is 0 Å². The molecule has 0 fully saturated rings. The summed E-state index contributed by atoms with van der Waals surface area (Å²) in [5.41, 5.74) is 4.95. The van der Waals surface area contributed by atoms with Crippen LogP contribution in [0.2, 0.25) is 0 Å². The van der Waals surface area contributed by atoms with E-state index in [1.165, 1.54) is 16.0 Å². The van der Waals surface area contributed by atoms with Crippen molar-refractivity contribution in [3.05, 3.63) is 63.1 Å². The minimum atomic E-state index is 0.931. The van der Waals surface area contributed by atoms with Gasteiger partial charge >= 0.3 is 0 Å². The van der Waals surface area contributed by atoms with E-state index in [0.717, 1.165) is 29.0 Å². The first-order chi connectivity index (χ1) is 10.9. The highest BCUT2D eigenvalue weighted by Crippen LogP contribution is 2.27. The van der Waals surface area contributed by atoms with Crippen molar-refractivity contribution in [3.63, 3.8) is 0 Å². The molecule has 0 atom stereocenters. The van der Waals surface area contributed by atoms with Crippen LogP contribution in [-0.2, 0) is 6.42 Å². The number of benzene rings is 1. The SMILES string of the molecule is CN=c1scc(-c2cccs2)n1N=C1CCc2ccccc21. The maximum atomic E-state index is 4.94.